The van der Waals surface area contributed by atoms with Crippen molar-refractivity contribution >= 4 is 23.1 Å². The summed E-state index contributed by atoms with van der Waals surface area (Å²) in [7, 11) is 0. The third-order valence-electron chi connectivity index (χ3n) is 4.27. The van der Waals surface area contributed by atoms with Gasteiger partial charge in [-0.25, -0.2) is 4.79 Å². The van der Waals surface area contributed by atoms with Gasteiger partial charge in [-0.15, -0.1) is 0 Å². The lowest BCUT2D eigenvalue weighted by molar-refractivity contribution is -0.394. The van der Waals surface area contributed by atoms with E-state index in [1.807, 2.05) is 0 Å². The molecule has 0 spiro atoms. The molecule has 1 aromatic rings. The lowest BCUT2D eigenvalue weighted by Crippen LogP contribution is -2.12. The van der Waals surface area contributed by atoms with Crippen molar-refractivity contribution in [3.63, 3.8) is 0 Å². The molecular formula is C20H26N2O7. The second kappa shape index (κ2) is 12.4. The zero-order chi connectivity index (χ0) is 21.8. The minimum Gasteiger partial charge on any atom is -0.415 e. The van der Waals surface area contributed by atoms with Crippen molar-refractivity contribution in [3.8, 4) is 5.75 Å². The molecule has 1 aromatic carbocycles. The fraction of sp³-hybridized carbons (Fsp3) is 0.500. The third-order valence-corrected chi connectivity index (χ3v) is 4.27. The molecule has 9 heteroatoms. The molecular weight excluding hydrogens is 380 g/mol. The predicted octanol–water partition coefficient (Wildman–Crippen LogP) is 5.31. The Morgan fingerprint density at radius 3 is 2.17 bits per heavy atom. The smallest absolute Gasteiger partial charge is 0.336 e. The summed E-state index contributed by atoms with van der Waals surface area (Å²) in [6.07, 6.45) is 9.28. The molecule has 0 fully saturated rings. The molecule has 0 saturated carbocycles. The van der Waals surface area contributed by atoms with Crippen LogP contribution in [0.15, 0.2) is 24.3 Å². The molecule has 0 aromatic heterocycles. The zero-order valence-corrected chi connectivity index (χ0v) is 16.7. The van der Waals surface area contributed by atoms with E-state index in [1.165, 1.54) is 6.08 Å². The molecule has 0 amide bonds. The lowest BCUT2D eigenvalue weighted by atomic mass is 10.0. The summed E-state index contributed by atoms with van der Waals surface area (Å²) in [4.78, 5) is 45.2. The van der Waals surface area contributed by atoms with Gasteiger partial charge in [-0.1, -0.05) is 51.5 Å². The van der Waals surface area contributed by atoms with E-state index in [0.717, 1.165) is 50.7 Å². The van der Waals surface area contributed by atoms with Crippen LogP contribution in [0.4, 0.5) is 11.4 Å². The van der Waals surface area contributed by atoms with Gasteiger partial charge in [0.05, 0.1) is 21.5 Å². The Balaban J connectivity index is 3.07. The average Bonchev–Trinajstić information content (AvgIpc) is 2.66. The molecule has 0 bridgehead atoms. The molecule has 0 unspecified atom stereocenters. The molecule has 9 nitrogen and oxygen atoms in total. The van der Waals surface area contributed by atoms with Crippen molar-refractivity contribution < 1.29 is 24.2 Å². The number of nitrogens with zero attached hydrogens (tertiary/aromatic N) is 2. The number of esters is 1. The van der Waals surface area contributed by atoms with Crippen LogP contribution in [0.2, 0.25) is 0 Å². The van der Waals surface area contributed by atoms with Crippen LogP contribution in [0.25, 0.3) is 0 Å². The number of hydrogen-bond acceptors (Lipinski definition) is 7. The zero-order valence-electron chi connectivity index (χ0n) is 16.7. The number of allylic oxidation sites excluding steroid dienone is 1. The first-order chi connectivity index (χ1) is 13.8. The van der Waals surface area contributed by atoms with Crippen LogP contribution in [0.5, 0.6) is 5.75 Å². The highest BCUT2D eigenvalue weighted by Gasteiger charge is 2.29. The molecule has 0 saturated heterocycles. The molecule has 0 aliphatic rings. The molecule has 29 heavy (non-hydrogen) atoms. The fourth-order valence-electron chi connectivity index (χ4n) is 2.80. The predicted molar refractivity (Wildman–Crippen MR) is 107 cm³/mol. The number of carbonyl (C=O) groups is 2. The highest BCUT2D eigenvalue weighted by Crippen LogP contribution is 2.36. The maximum Gasteiger partial charge on any atom is 0.336 e. The maximum absolute atomic E-state index is 12.6. The summed E-state index contributed by atoms with van der Waals surface area (Å²) in [5.41, 5.74) is -1.72. The van der Waals surface area contributed by atoms with Crippen molar-refractivity contribution in [1.82, 2.24) is 0 Å². The molecule has 1 rings (SSSR count). The summed E-state index contributed by atoms with van der Waals surface area (Å²) in [5, 5.41) is 22.5. The molecule has 0 aliphatic carbocycles. The van der Waals surface area contributed by atoms with Crippen molar-refractivity contribution in [2.45, 2.75) is 65.2 Å². The minimum atomic E-state index is -0.908. The summed E-state index contributed by atoms with van der Waals surface area (Å²) in [6.45, 7) is 3.68. The average molecular weight is 406 g/mol. The van der Waals surface area contributed by atoms with Gasteiger partial charge in [0.15, 0.2) is 5.78 Å². The van der Waals surface area contributed by atoms with Gasteiger partial charge in [-0.3, -0.25) is 25.0 Å². The number of carbonyl (C=O) groups excluding carboxylic acids is 2. The first-order valence-electron chi connectivity index (χ1n) is 9.66. The summed E-state index contributed by atoms with van der Waals surface area (Å²) in [5.74, 6) is -2.00. The number of rotatable bonds is 13. The van der Waals surface area contributed by atoms with Crippen molar-refractivity contribution in [2.75, 3.05) is 0 Å². The van der Waals surface area contributed by atoms with Crippen LogP contribution >= 0.6 is 0 Å². The van der Waals surface area contributed by atoms with Gasteiger partial charge in [-0.05, 0) is 13.3 Å². The van der Waals surface area contributed by atoms with Crippen LogP contribution in [0, 0.1) is 20.2 Å². The van der Waals surface area contributed by atoms with E-state index in [9.17, 15) is 29.8 Å². The SMILES string of the molecule is C/C=C/C(=O)Oc1c(C(=O)CCCCCCCCC)cc([N+](=O)[O-])cc1[N+](=O)[O-]. The Hall–Kier alpha value is -3.10. The fourth-order valence-corrected chi connectivity index (χ4v) is 2.80. The largest absolute Gasteiger partial charge is 0.415 e. The Kier molecular flexibility index (Phi) is 10.2. The van der Waals surface area contributed by atoms with Crippen LogP contribution in [-0.4, -0.2) is 21.6 Å². The Bertz CT molecular complexity index is 787. The number of unbranched alkanes of at least 4 members (excludes halogenated alkanes) is 6. The molecule has 0 radical (unpaired) electrons. The number of nitro benzene ring substituents is 2. The van der Waals surface area contributed by atoms with Crippen molar-refractivity contribution in [2.24, 2.45) is 0 Å². The monoisotopic (exact) mass is 406 g/mol. The molecule has 158 valence electrons. The van der Waals surface area contributed by atoms with E-state index in [1.54, 1.807) is 6.92 Å². The topological polar surface area (TPSA) is 130 Å². The molecule has 0 N–H and O–H groups in total. The Morgan fingerprint density at radius 2 is 1.62 bits per heavy atom. The van der Waals surface area contributed by atoms with E-state index in [2.05, 4.69) is 6.92 Å². The molecule has 0 aliphatic heterocycles. The number of hydrogen-bond donors (Lipinski definition) is 0. The molecule has 0 heterocycles. The van der Waals surface area contributed by atoms with E-state index in [-0.39, 0.29) is 12.0 Å². The summed E-state index contributed by atoms with van der Waals surface area (Å²) < 4.78 is 5.00. The highest BCUT2D eigenvalue weighted by molar-refractivity contribution is 6.02. The Morgan fingerprint density at radius 1 is 1.00 bits per heavy atom. The molecule has 0 atom stereocenters. The minimum absolute atomic E-state index is 0.0558. The second-order valence-electron chi connectivity index (χ2n) is 6.57. The van der Waals surface area contributed by atoms with Crippen LogP contribution in [-0.2, 0) is 4.79 Å². The van der Waals surface area contributed by atoms with Crippen LogP contribution in [0.3, 0.4) is 0 Å². The second-order valence-corrected chi connectivity index (χ2v) is 6.57. The van der Waals surface area contributed by atoms with Gasteiger partial charge in [0.1, 0.15) is 0 Å². The van der Waals surface area contributed by atoms with Gasteiger partial charge in [0, 0.05) is 18.6 Å². The normalized spacial score (nSPS) is 10.8. The number of ketones is 1. The lowest BCUT2D eigenvalue weighted by Gasteiger charge is -2.09. The van der Waals surface area contributed by atoms with Gasteiger partial charge < -0.3 is 4.74 Å². The number of non-ortho nitro benzene ring substituents is 1. The number of nitro groups is 2. The van der Waals surface area contributed by atoms with Gasteiger partial charge >= 0.3 is 11.7 Å². The number of benzene rings is 1. The van der Waals surface area contributed by atoms with E-state index >= 15 is 0 Å². The number of Topliss-reactive ketones (excluding diaryl/α,β-unsaturated/α-hetero) is 1. The standard InChI is InChI=1S/C20H26N2O7/c1-3-5-6-7-8-9-10-12-18(23)16-13-15(21(25)26)14-17(22(27)28)20(16)29-19(24)11-4-2/h4,11,13-14H,3,5-10,12H2,1-2H3/b11-4+. The van der Waals surface area contributed by atoms with E-state index in [4.69, 9.17) is 4.74 Å². The van der Waals surface area contributed by atoms with Gasteiger partial charge in [0.2, 0.25) is 5.75 Å². The van der Waals surface area contributed by atoms with Gasteiger partial charge in [0.25, 0.3) is 5.69 Å². The van der Waals surface area contributed by atoms with Gasteiger partial charge in [-0.2, -0.15) is 0 Å². The Labute approximate surface area is 169 Å². The van der Waals surface area contributed by atoms with Crippen LogP contribution in [0.1, 0.15) is 75.6 Å². The maximum atomic E-state index is 12.6. The number of ether oxygens (including phenoxy) is 1. The van der Waals surface area contributed by atoms with Crippen LogP contribution < -0.4 is 4.74 Å². The van der Waals surface area contributed by atoms with Crippen molar-refractivity contribution in [3.05, 3.63) is 50.1 Å². The third kappa shape index (κ3) is 7.81. The first kappa shape index (κ1) is 23.9. The van der Waals surface area contributed by atoms with E-state index in [0.29, 0.717) is 12.5 Å². The highest BCUT2D eigenvalue weighted by atomic mass is 16.6. The summed E-state index contributed by atoms with van der Waals surface area (Å²) >= 11 is 0. The first-order valence-corrected chi connectivity index (χ1v) is 9.66. The van der Waals surface area contributed by atoms with Crippen molar-refractivity contribution in [1.29, 1.82) is 0 Å². The quantitative estimate of drug-likeness (QED) is 0.0825. The summed E-state index contributed by atoms with van der Waals surface area (Å²) in [6, 6.07) is 1.61. The van der Waals surface area contributed by atoms with E-state index < -0.39 is 38.7 Å².